The predicted octanol–water partition coefficient (Wildman–Crippen LogP) is -0.152. The number of aliphatic imine (C=N–C) groups is 1. The van der Waals surface area contributed by atoms with Crippen molar-refractivity contribution in [1.82, 2.24) is 0 Å². The van der Waals surface area contributed by atoms with Crippen molar-refractivity contribution in [1.29, 1.82) is 0 Å². The SMILES string of the molecule is CN=C(P)CN. The van der Waals surface area contributed by atoms with Crippen molar-refractivity contribution in [2.24, 2.45) is 10.7 Å². The van der Waals surface area contributed by atoms with Crippen LogP contribution in [0.25, 0.3) is 0 Å². The van der Waals surface area contributed by atoms with Gasteiger partial charge >= 0.3 is 0 Å². The average molecular weight is 104 g/mol. The monoisotopic (exact) mass is 104 g/mol. The van der Waals surface area contributed by atoms with E-state index >= 15 is 0 Å². The second kappa shape index (κ2) is 3.26. The van der Waals surface area contributed by atoms with Crippen LogP contribution < -0.4 is 5.73 Å². The van der Waals surface area contributed by atoms with Gasteiger partial charge < -0.3 is 5.73 Å². The Kier molecular flexibility index (Phi) is 3.29. The Morgan fingerprint density at radius 1 is 2.00 bits per heavy atom. The maximum atomic E-state index is 5.13. The average Bonchev–Trinajstić information content (AvgIpc) is 1.65. The molecule has 0 amide bonds. The molecular formula is C3H9N2P. The van der Waals surface area contributed by atoms with Gasteiger partial charge in [-0.15, -0.1) is 0 Å². The van der Waals surface area contributed by atoms with Crippen LogP contribution in [0.4, 0.5) is 0 Å². The lowest BCUT2D eigenvalue weighted by molar-refractivity contribution is 1.30. The third-order valence-electron chi connectivity index (χ3n) is 0.496. The zero-order chi connectivity index (χ0) is 4.99. The first-order valence-corrected chi connectivity index (χ1v) is 2.30. The zero-order valence-corrected chi connectivity index (χ0v) is 4.96. The van der Waals surface area contributed by atoms with E-state index in [4.69, 9.17) is 5.73 Å². The third-order valence-corrected chi connectivity index (χ3v) is 0.990. The lowest BCUT2D eigenvalue weighted by Crippen LogP contribution is -2.05. The van der Waals surface area contributed by atoms with Gasteiger partial charge in [0, 0.05) is 19.0 Å². The summed E-state index contributed by atoms with van der Waals surface area (Å²) >= 11 is 0. The molecule has 0 radical (unpaired) electrons. The molecule has 0 rings (SSSR count). The number of hydrogen-bond acceptors (Lipinski definition) is 2. The lowest BCUT2D eigenvalue weighted by Gasteiger charge is -1.84. The predicted molar refractivity (Wildman–Crippen MR) is 32.1 cm³/mol. The Hall–Kier alpha value is 0.0600. The van der Waals surface area contributed by atoms with E-state index in [0.717, 1.165) is 5.45 Å². The minimum Gasteiger partial charge on any atom is -0.325 e. The van der Waals surface area contributed by atoms with Gasteiger partial charge in [0.1, 0.15) is 0 Å². The van der Waals surface area contributed by atoms with Gasteiger partial charge in [0.2, 0.25) is 0 Å². The lowest BCUT2D eigenvalue weighted by atomic mass is 10.7. The summed E-state index contributed by atoms with van der Waals surface area (Å²) in [5.74, 6) is 0. The molecule has 2 N–H and O–H groups in total. The highest BCUT2D eigenvalue weighted by molar-refractivity contribution is 7.40. The first kappa shape index (κ1) is 6.06. The molecule has 0 spiro atoms. The van der Waals surface area contributed by atoms with Crippen LogP contribution in [-0.4, -0.2) is 19.0 Å². The van der Waals surface area contributed by atoms with Gasteiger partial charge in [-0.2, -0.15) is 0 Å². The van der Waals surface area contributed by atoms with Crippen LogP contribution >= 0.6 is 9.24 Å². The second-order valence-corrected chi connectivity index (χ2v) is 1.59. The van der Waals surface area contributed by atoms with Crippen molar-refractivity contribution >= 4 is 14.7 Å². The molecule has 0 saturated carbocycles. The van der Waals surface area contributed by atoms with E-state index in [9.17, 15) is 0 Å². The summed E-state index contributed by atoms with van der Waals surface area (Å²) in [5.41, 5.74) is 6.04. The maximum Gasteiger partial charge on any atom is 0.0422 e. The van der Waals surface area contributed by atoms with Crippen LogP contribution in [0.3, 0.4) is 0 Å². The summed E-state index contributed by atoms with van der Waals surface area (Å²) in [5, 5.41) is 0. The summed E-state index contributed by atoms with van der Waals surface area (Å²) < 4.78 is 0. The van der Waals surface area contributed by atoms with E-state index in [1.54, 1.807) is 7.05 Å². The van der Waals surface area contributed by atoms with E-state index in [0.29, 0.717) is 6.54 Å². The van der Waals surface area contributed by atoms with Crippen molar-refractivity contribution in [3.05, 3.63) is 0 Å². The number of nitrogens with zero attached hydrogens (tertiary/aromatic N) is 1. The molecule has 0 fully saturated rings. The zero-order valence-electron chi connectivity index (χ0n) is 3.81. The van der Waals surface area contributed by atoms with E-state index in [-0.39, 0.29) is 0 Å². The Bertz CT molecular complexity index is 59.8. The molecule has 0 aromatic carbocycles. The summed E-state index contributed by atoms with van der Waals surface area (Å²) in [6.07, 6.45) is 0. The fourth-order valence-corrected chi connectivity index (χ4v) is 0.0913. The van der Waals surface area contributed by atoms with Crippen LogP contribution in [0.2, 0.25) is 0 Å². The molecule has 0 aliphatic carbocycles. The Labute approximate surface area is 40.0 Å². The molecule has 0 saturated heterocycles. The molecule has 1 atom stereocenters. The van der Waals surface area contributed by atoms with Crippen molar-refractivity contribution < 1.29 is 0 Å². The quantitative estimate of drug-likeness (QED) is 0.364. The minimum absolute atomic E-state index is 0.543. The van der Waals surface area contributed by atoms with Crippen LogP contribution in [0.15, 0.2) is 4.99 Å². The first-order chi connectivity index (χ1) is 2.81. The topological polar surface area (TPSA) is 38.4 Å². The summed E-state index contributed by atoms with van der Waals surface area (Å²) in [7, 11) is 4.15. The highest BCUT2D eigenvalue weighted by atomic mass is 31.0. The van der Waals surface area contributed by atoms with Crippen molar-refractivity contribution in [3.8, 4) is 0 Å². The van der Waals surface area contributed by atoms with Crippen molar-refractivity contribution in [3.63, 3.8) is 0 Å². The fourth-order valence-electron chi connectivity index (χ4n) is 0.0913. The van der Waals surface area contributed by atoms with Gasteiger partial charge in [0.05, 0.1) is 0 Å². The van der Waals surface area contributed by atoms with Crippen molar-refractivity contribution in [2.75, 3.05) is 13.6 Å². The summed E-state index contributed by atoms with van der Waals surface area (Å²) in [6.45, 7) is 0.543. The van der Waals surface area contributed by atoms with Crippen LogP contribution in [0.1, 0.15) is 0 Å². The molecule has 0 aliphatic rings. The van der Waals surface area contributed by atoms with Gasteiger partial charge in [-0.25, -0.2) is 0 Å². The second-order valence-electron chi connectivity index (χ2n) is 0.919. The number of hydrogen-bond donors (Lipinski definition) is 1. The van der Waals surface area contributed by atoms with Gasteiger partial charge in [0.15, 0.2) is 0 Å². The normalized spacial score (nSPS) is 12.2. The largest absolute Gasteiger partial charge is 0.325 e. The maximum absolute atomic E-state index is 5.13. The van der Waals surface area contributed by atoms with Crippen LogP contribution in [0.5, 0.6) is 0 Å². The molecule has 0 aromatic rings. The first-order valence-electron chi connectivity index (χ1n) is 1.72. The summed E-state index contributed by atoms with van der Waals surface area (Å²) in [6, 6.07) is 0. The summed E-state index contributed by atoms with van der Waals surface area (Å²) in [4.78, 5) is 3.76. The molecular weight excluding hydrogens is 95.0 g/mol. The Morgan fingerprint density at radius 2 is 2.50 bits per heavy atom. The Balaban J connectivity index is 3.22. The molecule has 0 aliphatic heterocycles. The molecule has 0 aromatic heterocycles. The molecule has 0 heterocycles. The number of rotatable bonds is 1. The fraction of sp³-hybridized carbons (Fsp3) is 0.667. The standard InChI is InChI=1S/C3H9N2P/c1-5-3(6)2-4/h2,4,6H2,1H3. The highest BCUT2D eigenvalue weighted by Gasteiger charge is 1.75. The molecule has 1 unspecified atom stereocenters. The van der Waals surface area contributed by atoms with E-state index in [1.165, 1.54) is 0 Å². The van der Waals surface area contributed by atoms with E-state index in [1.807, 2.05) is 0 Å². The molecule has 2 nitrogen and oxygen atoms in total. The van der Waals surface area contributed by atoms with Crippen LogP contribution in [-0.2, 0) is 0 Å². The van der Waals surface area contributed by atoms with Gasteiger partial charge in [-0.05, 0) is 0 Å². The third kappa shape index (κ3) is 2.31. The van der Waals surface area contributed by atoms with E-state index < -0.39 is 0 Å². The van der Waals surface area contributed by atoms with E-state index in [2.05, 4.69) is 14.2 Å². The van der Waals surface area contributed by atoms with Gasteiger partial charge in [-0.3, -0.25) is 4.99 Å². The number of nitrogens with two attached hydrogens (primary N) is 1. The van der Waals surface area contributed by atoms with Gasteiger partial charge in [-0.1, -0.05) is 9.24 Å². The smallest absolute Gasteiger partial charge is 0.0422 e. The highest BCUT2D eigenvalue weighted by Crippen LogP contribution is 1.82. The molecule has 6 heavy (non-hydrogen) atoms. The molecule has 3 heteroatoms. The van der Waals surface area contributed by atoms with Gasteiger partial charge in [0.25, 0.3) is 0 Å². The van der Waals surface area contributed by atoms with Crippen molar-refractivity contribution in [2.45, 2.75) is 0 Å². The molecule has 36 valence electrons. The molecule has 0 bridgehead atoms. The minimum atomic E-state index is 0.543. The Morgan fingerprint density at radius 3 is 2.50 bits per heavy atom. The van der Waals surface area contributed by atoms with Crippen LogP contribution in [0, 0.1) is 0 Å².